The van der Waals surface area contributed by atoms with Crippen LogP contribution in [0.3, 0.4) is 0 Å². The van der Waals surface area contributed by atoms with Gasteiger partial charge >= 0.3 is 12.1 Å². The average molecular weight is 571 g/mol. The van der Waals surface area contributed by atoms with Gasteiger partial charge in [-0.2, -0.15) is 4.99 Å². The highest BCUT2D eigenvalue weighted by molar-refractivity contribution is 6.30. The number of pyridine rings is 1. The highest BCUT2D eigenvalue weighted by atomic mass is 35.5. The summed E-state index contributed by atoms with van der Waals surface area (Å²) in [5, 5.41) is 0.553. The lowest BCUT2D eigenvalue weighted by atomic mass is 9.91. The van der Waals surface area contributed by atoms with Crippen molar-refractivity contribution in [3.05, 3.63) is 116 Å². The molecule has 8 nitrogen and oxygen atoms in total. The Balaban J connectivity index is 1.60. The number of aromatic nitrogens is 3. The Kier molecular flexibility index (Phi) is 7.49. The summed E-state index contributed by atoms with van der Waals surface area (Å²) in [6.45, 7) is 0.0453. The van der Waals surface area contributed by atoms with Crippen molar-refractivity contribution in [2.75, 3.05) is 0 Å². The lowest BCUT2D eigenvalue weighted by Gasteiger charge is -2.26. The van der Waals surface area contributed by atoms with Gasteiger partial charge in [-0.15, -0.1) is 13.2 Å². The molecule has 0 N–H and O–H groups in total. The van der Waals surface area contributed by atoms with E-state index in [1.54, 1.807) is 36.5 Å². The van der Waals surface area contributed by atoms with Crippen molar-refractivity contribution >= 4 is 23.3 Å². The van der Waals surface area contributed by atoms with E-state index in [9.17, 15) is 22.8 Å². The third kappa shape index (κ3) is 6.09. The Labute approximate surface area is 230 Å². The van der Waals surface area contributed by atoms with Gasteiger partial charge in [0.15, 0.2) is 5.90 Å². The van der Waals surface area contributed by atoms with Gasteiger partial charge in [-0.3, -0.25) is 18.9 Å². The minimum absolute atomic E-state index is 0.0453. The fourth-order valence-electron chi connectivity index (χ4n) is 4.48. The molecule has 2 aromatic carbocycles. The van der Waals surface area contributed by atoms with Crippen LogP contribution in [0.1, 0.15) is 16.8 Å². The first-order chi connectivity index (χ1) is 19.1. The van der Waals surface area contributed by atoms with Crippen molar-refractivity contribution in [1.82, 2.24) is 14.1 Å². The molecule has 0 spiro atoms. The largest absolute Gasteiger partial charge is 0.573 e. The fraction of sp³-hybridized carbons (Fsp3) is 0.214. The van der Waals surface area contributed by atoms with Gasteiger partial charge in [-0.25, -0.2) is 4.79 Å². The molecule has 12 heteroatoms. The second kappa shape index (κ2) is 11.0. The summed E-state index contributed by atoms with van der Waals surface area (Å²) < 4.78 is 50.8. The van der Waals surface area contributed by atoms with Gasteiger partial charge in [0.2, 0.25) is 0 Å². The predicted octanol–water partition coefficient (Wildman–Crippen LogP) is 5.07. The minimum Gasteiger partial charge on any atom is -0.442 e. The Bertz CT molecular complexity index is 1680. The van der Waals surface area contributed by atoms with Crippen LogP contribution in [0.25, 0.3) is 0 Å². The normalized spacial score (nSPS) is 14.8. The summed E-state index contributed by atoms with van der Waals surface area (Å²) in [5.74, 6) is -0.642. The van der Waals surface area contributed by atoms with E-state index < -0.39 is 29.3 Å². The van der Waals surface area contributed by atoms with Crippen LogP contribution in [0.4, 0.5) is 19.0 Å². The number of halogens is 4. The average Bonchev–Trinajstić information content (AvgIpc) is 2.91. The maximum Gasteiger partial charge on any atom is 0.573 e. The molecule has 0 saturated heterocycles. The van der Waals surface area contributed by atoms with Gasteiger partial charge in [0.1, 0.15) is 17.3 Å². The molecule has 206 valence electrons. The van der Waals surface area contributed by atoms with Gasteiger partial charge in [0, 0.05) is 30.3 Å². The monoisotopic (exact) mass is 570 g/mol. The van der Waals surface area contributed by atoms with E-state index in [-0.39, 0.29) is 30.4 Å². The van der Waals surface area contributed by atoms with Crippen LogP contribution in [0.2, 0.25) is 5.02 Å². The van der Waals surface area contributed by atoms with Crippen LogP contribution in [0, 0.1) is 5.92 Å². The molecule has 5 rings (SSSR count). The van der Waals surface area contributed by atoms with Crippen LogP contribution >= 0.6 is 11.6 Å². The number of alkyl halides is 3. The third-order valence-electron chi connectivity index (χ3n) is 6.33. The first-order valence-corrected chi connectivity index (χ1v) is 12.5. The number of aliphatic imine (C=N–C) groups is 1. The summed E-state index contributed by atoms with van der Waals surface area (Å²) in [4.78, 5) is 35.3. The van der Waals surface area contributed by atoms with Gasteiger partial charge < -0.3 is 9.47 Å². The fourth-order valence-corrected chi connectivity index (χ4v) is 4.60. The number of rotatable bonds is 6. The molecule has 2 aromatic heterocycles. The van der Waals surface area contributed by atoms with E-state index in [1.165, 1.54) is 23.7 Å². The van der Waals surface area contributed by atoms with E-state index in [1.807, 2.05) is 12.1 Å². The van der Waals surface area contributed by atoms with Crippen molar-refractivity contribution in [3.8, 4) is 11.5 Å². The number of nitrogens with zero attached hydrogens (tertiary/aromatic N) is 4. The molecule has 0 saturated carbocycles. The molecule has 1 aliphatic heterocycles. The molecule has 0 aliphatic carbocycles. The van der Waals surface area contributed by atoms with E-state index in [0.717, 1.165) is 22.3 Å². The second-order valence-electron chi connectivity index (χ2n) is 9.16. The highest BCUT2D eigenvalue weighted by Crippen LogP contribution is 2.31. The first kappa shape index (κ1) is 27.2. The van der Waals surface area contributed by atoms with Crippen LogP contribution in [-0.2, 0) is 26.4 Å². The zero-order valence-corrected chi connectivity index (χ0v) is 21.8. The van der Waals surface area contributed by atoms with E-state index in [0.29, 0.717) is 22.7 Å². The lowest BCUT2D eigenvalue weighted by Crippen LogP contribution is -2.43. The minimum atomic E-state index is -4.88. The standard InChI is InChI=1S/C28H22ClF3N4O4/c1-35-26(37)23-14-18(13-17-8-10-19(29)11-9-17)25(39-21-6-4-7-22(15-21)40-28(30,31)32)34-24(23)36(27(35)38)16-20-5-2-3-12-33-20/h2-12,15,18H,13-14,16H2,1H3. The number of hydrogen-bond donors (Lipinski definition) is 0. The van der Waals surface area contributed by atoms with Crippen LogP contribution in [-0.4, -0.2) is 26.4 Å². The number of benzene rings is 2. The molecule has 1 atom stereocenters. The summed E-state index contributed by atoms with van der Waals surface area (Å²) in [7, 11) is 1.40. The maximum atomic E-state index is 13.2. The van der Waals surface area contributed by atoms with Crippen LogP contribution < -0.4 is 20.7 Å². The first-order valence-electron chi connectivity index (χ1n) is 12.2. The Hall–Kier alpha value is -4.38. The molecule has 4 aromatic rings. The summed E-state index contributed by atoms with van der Waals surface area (Å²) in [6, 6.07) is 17.4. The summed E-state index contributed by atoms with van der Waals surface area (Å²) >= 11 is 6.03. The Morgan fingerprint density at radius 2 is 1.77 bits per heavy atom. The molecule has 0 bridgehead atoms. The van der Waals surface area contributed by atoms with E-state index >= 15 is 0 Å². The number of hydrogen-bond acceptors (Lipinski definition) is 6. The SMILES string of the molecule is Cn1c(=O)c2c(n(Cc3ccccn3)c1=O)N=C(Oc1cccc(OC(F)(F)F)c1)C(Cc1ccc(Cl)cc1)C2. The van der Waals surface area contributed by atoms with Gasteiger partial charge in [0.25, 0.3) is 5.56 Å². The van der Waals surface area contributed by atoms with Gasteiger partial charge in [-0.1, -0.05) is 35.9 Å². The Morgan fingerprint density at radius 1 is 1.02 bits per heavy atom. The second-order valence-corrected chi connectivity index (χ2v) is 9.60. The summed E-state index contributed by atoms with van der Waals surface area (Å²) in [6.07, 6.45) is -2.73. The van der Waals surface area contributed by atoms with Crippen LogP contribution in [0.15, 0.2) is 87.5 Å². The number of ether oxygens (including phenoxy) is 2. The zero-order valence-electron chi connectivity index (χ0n) is 21.1. The molecule has 40 heavy (non-hydrogen) atoms. The smallest absolute Gasteiger partial charge is 0.442 e. The highest BCUT2D eigenvalue weighted by Gasteiger charge is 2.33. The molecule has 0 radical (unpaired) electrons. The lowest BCUT2D eigenvalue weighted by molar-refractivity contribution is -0.274. The van der Waals surface area contributed by atoms with E-state index in [4.69, 9.17) is 16.3 Å². The molecule has 3 heterocycles. The zero-order chi connectivity index (χ0) is 28.4. The Morgan fingerprint density at radius 3 is 2.48 bits per heavy atom. The molecule has 0 amide bonds. The molecule has 1 aliphatic rings. The van der Waals surface area contributed by atoms with Crippen molar-refractivity contribution in [2.45, 2.75) is 25.7 Å². The quantitative estimate of drug-likeness (QED) is 0.323. The molecular weight excluding hydrogens is 549 g/mol. The van der Waals surface area contributed by atoms with Crippen molar-refractivity contribution in [2.24, 2.45) is 18.0 Å². The maximum absolute atomic E-state index is 13.2. The van der Waals surface area contributed by atoms with E-state index in [2.05, 4.69) is 14.7 Å². The van der Waals surface area contributed by atoms with Crippen molar-refractivity contribution in [1.29, 1.82) is 0 Å². The third-order valence-corrected chi connectivity index (χ3v) is 6.58. The topological polar surface area (TPSA) is 87.7 Å². The van der Waals surface area contributed by atoms with Crippen LogP contribution in [0.5, 0.6) is 11.5 Å². The van der Waals surface area contributed by atoms with Crippen molar-refractivity contribution in [3.63, 3.8) is 0 Å². The predicted molar refractivity (Wildman–Crippen MR) is 142 cm³/mol. The molecular formula is C28H22ClF3N4O4. The van der Waals surface area contributed by atoms with Gasteiger partial charge in [-0.05, 0) is 54.8 Å². The van der Waals surface area contributed by atoms with Crippen molar-refractivity contribution < 1.29 is 22.6 Å². The summed E-state index contributed by atoms with van der Waals surface area (Å²) in [5.41, 5.74) is 0.694. The molecule has 0 fully saturated rings. The number of fused-ring (bicyclic) bond motifs is 1. The van der Waals surface area contributed by atoms with Gasteiger partial charge in [0.05, 0.1) is 17.8 Å². The molecule has 1 unspecified atom stereocenters.